The molecule has 0 saturated heterocycles. The molecule has 13 heteroatoms. The zero-order valence-electron chi connectivity index (χ0n) is 14.6. The summed E-state index contributed by atoms with van der Waals surface area (Å²) >= 11 is 5.83. The molecular formula is C17H11ClF6N6. The van der Waals surface area contributed by atoms with Crippen molar-refractivity contribution >= 4 is 40.4 Å². The van der Waals surface area contributed by atoms with Crippen molar-refractivity contribution in [3.8, 4) is 0 Å². The molecule has 3 aromatic rings. The Morgan fingerprint density at radius 1 is 0.833 bits per heavy atom. The fraction of sp³-hybridized carbons (Fsp3) is 0.118. The van der Waals surface area contributed by atoms with Crippen LogP contribution in [0.15, 0.2) is 42.9 Å². The molecule has 0 spiro atoms. The first-order valence-electron chi connectivity index (χ1n) is 8.00. The molecule has 158 valence electrons. The lowest BCUT2D eigenvalue weighted by molar-refractivity contribution is -0.138. The van der Waals surface area contributed by atoms with E-state index in [1.165, 1.54) is 18.2 Å². The SMILES string of the molecule is Nc1c(Nc2ccccc2C(F)(F)F)ncnc1Nc1ncc(C(F)(F)F)cc1Cl. The van der Waals surface area contributed by atoms with Crippen LogP contribution >= 0.6 is 11.6 Å². The summed E-state index contributed by atoms with van der Waals surface area (Å²) in [5.41, 5.74) is 3.41. The molecule has 0 atom stereocenters. The van der Waals surface area contributed by atoms with Crippen LogP contribution in [-0.4, -0.2) is 15.0 Å². The van der Waals surface area contributed by atoms with Crippen LogP contribution in [0.2, 0.25) is 5.02 Å². The molecule has 4 N–H and O–H groups in total. The third kappa shape index (κ3) is 4.64. The standard InChI is InChI=1S/C17H11ClF6N6/c18-10-5-8(16(19,20)21)6-26-13(10)30-15-12(25)14(27-7-28-15)29-11-4-2-1-3-9(11)17(22,23)24/h1-7H,25H2,(H2,26,27,28,29,30). The summed E-state index contributed by atoms with van der Waals surface area (Å²) in [6.45, 7) is 0. The van der Waals surface area contributed by atoms with E-state index in [1.54, 1.807) is 0 Å². The van der Waals surface area contributed by atoms with Crippen molar-refractivity contribution in [2.75, 3.05) is 16.4 Å². The van der Waals surface area contributed by atoms with Gasteiger partial charge in [0.2, 0.25) is 0 Å². The highest BCUT2D eigenvalue weighted by Crippen LogP contribution is 2.38. The van der Waals surface area contributed by atoms with E-state index >= 15 is 0 Å². The first-order chi connectivity index (χ1) is 14.0. The van der Waals surface area contributed by atoms with Crippen LogP contribution in [0, 0.1) is 0 Å². The van der Waals surface area contributed by atoms with Crippen LogP contribution < -0.4 is 16.4 Å². The Bertz CT molecular complexity index is 1070. The number of para-hydroxylation sites is 1. The first kappa shape index (κ1) is 21.4. The number of pyridine rings is 1. The van der Waals surface area contributed by atoms with Crippen LogP contribution in [0.5, 0.6) is 0 Å². The summed E-state index contributed by atoms with van der Waals surface area (Å²) in [6.07, 6.45) is -7.70. The van der Waals surface area contributed by atoms with Gasteiger partial charge in [0, 0.05) is 6.20 Å². The number of halogens is 7. The molecule has 2 aromatic heterocycles. The van der Waals surface area contributed by atoms with Gasteiger partial charge < -0.3 is 16.4 Å². The summed E-state index contributed by atoms with van der Waals surface area (Å²) in [6, 6.07) is 5.34. The van der Waals surface area contributed by atoms with Gasteiger partial charge >= 0.3 is 12.4 Å². The molecule has 3 rings (SSSR count). The van der Waals surface area contributed by atoms with Crippen LogP contribution in [0.3, 0.4) is 0 Å². The lowest BCUT2D eigenvalue weighted by atomic mass is 10.1. The monoisotopic (exact) mass is 448 g/mol. The van der Waals surface area contributed by atoms with Crippen LogP contribution in [0.4, 0.5) is 55.2 Å². The highest BCUT2D eigenvalue weighted by atomic mass is 35.5. The number of benzene rings is 1. The Labute approximate surface area is 170 Å². The molecule has 0 fully saturated rings. The molecule has 0 aliphatic rings. The van der Waals surface area contributed by atoms with Gasteiger partial charge in [-0.25, -0.2) is 15.0 Å². The second-order valence-electron chi connectivity index (χ2n) is 5.83. The van der Waals surface area contributed by atoms with E-state index in [0.717, 1.165) is 12.4 Å². The zero-order valence-corrected chi connectivity index (χ0v) is 15.4. The van der Waals surface area contributed by atoms with E-state index < -0.39 is 23.5 Å². The van der Waals surface area contributed by atoms with Crippen molar-refractivity contribution < 1.29 is 26.3 Å². The van der Waals surface area contributed by atoms with E-state index in [2.05, 4.69) is 25.6 Å². The van der Waals surface area contributed by atoms with Gasteiger partial charge in [-0.1, -0.05) is 23.7 Å². The number of nitrogens with one attached hydrogen (secondary N) is 2. The molecule has 0 radical (unpaired) electrons. The number of nitrogen functional groups attached to an aromatic ring is 1. The first-order valence-corrected chi connectivity index (χ1v) is 8.38. The molecule has 0 amide bonds. The Balaban J connectivity index is 1.90. The number of nitrogens with two attached hydrogens (primary N) is 1. The Kier molecular flexibility index (Phi) is 5.61. The third-order valence-corrected chi connectivity index (χ3v) is 4.06. The van der Waals surface area contributed by atoms with Gasteiger partial charge in [0.05, 0.1) is 21.8 Å². The van der Waals surface area contributed by atoms with Crippen molar-refractivity contribution in [1.29, 1.82) is 0 Å². The number of alkyl halides is 6. The molecule has 0 saturated carbocycles. The second-order valence-corrected chi connectivity index (χ2v) is 6.24. The second kappa shape index (κ2) is 7.86. The minimum atomic E-state index is -4.63. The lowest BCUT2D eigenvalue weighted by Crippen LogP contribution is -2.11. The fourth-order valence-electron chi connectivity index (χ4n) is 2.36. The van der Waals surface area contributed by atoms with Crippen LogP contribution in [0.1, 0.15) is 11.1 Å². The van der Waals surface area contributed by atoms with E-state index in [4.69, 9.17) is 17.3 Å². The molecule has 0 bridgehead atoms. The molecule has 30 heavy (non-hydrogen) atoms. The van der Waals surface area contributed by atoms with E-state index in [-0.39, 0.29) is 33.9 Å². The number of aromatic nitrogens is 3. The smallest absolute Gasteiger partial charge is 0.393 e. The minimum absolute atomic E-state index is 0.119. The summed E-state index contributed by atoms with van der Waals surface area (Å²) in [7, 11) is 0. The van der Waals surface area contributed by atoms with E-state index in [0.29, 0.717) is 12.3 Å². The van der Waals surface area contributed by atoms with Crippen LogP contribution in [0.25, 0.3) is 0 Å². The van der Waals surface area contributed by atoms with Crippen molar-refractivity contribution in [2.45, 2.75) is 12.4 Å². The van der Waals surface area contributed by atoms with Gasteiger partial charge in [-0.3, -0.25) is 0 Å². The van der Waals surface area contributed by atoms with Crippen molar-refractivity contribution in [1.82, 2.24) is 15.0 Å². The fourth-order valence-corrected chi connectivity index (χ4v) is 2.57. The highest BCUT2D eigenvalue weighted by molar-refractivity contribution is 6.33. The zero-order chi connectivity index (χ0) is 22.1. The quantitative estimate of drug-likeness (QED) is 0.448. The molecule has 0 unspecified atom stereocenters. The van der Waals surface area contributed by atoms with Gasteiger partial charge in [0.25, 0.3) is 0 Å². The van der Waals surface area contributed by atoms with Crippen molar-refractivity contribution in [3.05, 3.63) is 59.0 Å². The van der Waals surface area contributed by atoms with Gasteiger partial charge in [0.15, 0.2) is 11.6 Å². The molecule has 0 aliphatic heterocycles. The maximum atomic E-state index is 13.2. The van der Waals surface area contributed by atoms with Gasteiger partial charge in [-0.15, -0.1) is 0 Å². The molecular weight excluding hydrogens is 438 g/mol. The van der Waals surface area contributed by atoms with Crippen LogP contribution in [-0.2, 0) is 12.4 Å². The number of rotatable bonds is 4. The number of hydrogen-bond donors (Lipinski definition) is 3. The topological polar surface area (TPSA) is 88.8 Å². The molecule has 6 nitrogen and oxygen atoms in total. The van der Waals surface area contributed by atoms with E-state index in [1.807, 2.05) is 0 Å². The van der Waals surface area contributed by atoms with Crippen molar-refractivity contribution in [3.63, 3.8) is 0 Å². The van der Waals surface area contributed by atoms with Gasteiger partial charge in [0.1, 0.15) is 17.8 Å². The Hall–Kier alpha value is -3.28. The van der Waals surface area contributed by atoms with Gasteiger partial charge in [-0.2, -0.15) is 26.3 Å². The Morgan fingerprint density at radius 3 is 2.07 bits per heavy atom. The summed E-state index contributed by atoms with van der Waals surface area (Å²) in [4.78, 5) is 11.2. The maximum Gasteiger partial charge on any atom is 0.418 e. The minimum Gasteiger partial charge on any atom is -0.393 e. The summed E-state index contributed by atoms with van der Waals surface area (Å²) < 4.78 is 77.6. The number of nitrogens with zero attached hydrogens (tertiary/aromatic N) is 3. The average Bonchev–Trinajstić information content (AvgIpc) is 2.65. The molecule has 0 aliphatic carbocycles. The average molecular weight is 449 g/mol. The molecule has 2 heterocycles. The summed E-state index contributed by atoms with van der Waals surface area (Å²) in [5.74, 6) is -0.463. The molecule has 1 aromatic carbocycles. The van der Waals surface area contributed by atoms with E-state index in [9.17, 15) is 26.3 Å². The number of hydrogen-bond acceptors (Lipinski definition) is 6. The van der Waals surface area contributed by atoms with Gasteiger partial charge in [-0.05, 0) is 18.2 Å². The highest BCUT2D eigenvalue weighted by Gasteiger charge is 2.34. The Morgan fingerprint density at radius 2 is 1.47 bits per heavy atom. The third-order valence-electron chi connectivity index (χ3n) is 3.77. The number of anilines is 5. The lowest BCUT2D eigenvalue weighted by Gasteiger charge is -2.16. The largest absolute Gasteiger partial charge is 0.418 e. The predicted molar refractivity (Wildman–Crippen MR) is 98.7 cm³/mol. The normalized spacial score (nSPS) is 12.0. The van der Waals surface area contributed by atoms with Crippen molar-refractivity contribution in [2.24, 2.45) is 0 Å². The summed E-state index contributed by atoms with van der Waals surface area (Å²) in [5, 5.41) is 4.66. The predicted octanol–water partition coefficient (Wildman–Crippen LogP) is 5.63. The maximum absolute atomic E-state index is 13.2.